The van der Waals surface area contributed by atoms with Gasteiger partial charge >= 0.3 is 0 Å². The second kappa shape index (κ2) is 5.44. The lowest BCUT2D eigenvalue weighted by atomic mass is 10.1. The first-order valence-corrected chi connectivity index (χ1v) is 6.92. The summed E-state index contributed by atoms with van der Waals surface area (Å²) in [7, 11) is 0. The zero-order valence-electron chi connectivity index (χ0n) is 12.3. The Morgan fingerprint density at radius 3 is 2.73 bits per heavy atom. The van der Waals surface area contributed by atoms with E-state index in [1.165, 1.54) is 6.92 Å². The number of benzene rings is 1. The monoisotopic (exact) mass is 293 g/mol. The largest absolute Gasteiger partial charge is 0.321 e. The molecular formula is C17H15N3O2. The molecule has 2 aromatic heterocycles. The Morgan fingerprint density at radius 1 is 1.14 bits per heavy atom. The van der Waals surface area contributed by atoms with E-state index < -0.39 is 0 Å². The van der Waals surface area contributed by atoms with Gasteiger partial charge in [0.05, 0.1) is 5.69 Å². The first kappa shape index (κ1) is 14.0. The third-order valence-corrected chi connectivity index (χ3v) is 3.45. The Bertz CT molecular complexity index is 880. The maximum Gasteiger partial charge on any atom is 0.274 e. The van der Waals surface area contributed by atoms with Gasteiger partial charge in [0, 0.05) is 17.4 Å². The molecule has 1 amide bonds. The SMILES string of the molecule is CC(=O)c1cccc(NC(=O)c2c(C)nc3ccccn23)c1. The smallest absolute Gasteiger partial charge is 0.274 e. The van der Waals surface area contributed by atoms with Crippen molar-refractivity contribution in [2.75, 3.05) is 5.32 Å². The molecule has 0 aliphatic heterocycles. The highest BCUT2D eigenvalue weighted by molar-refractivity contribution is 6.05. The van der Waals surface area contributed by atoms with Gasteiger partial charge in [-0.2, -0.15) is 0 Å². The van der Waals surface area contributed by atoms with Gasteiger partial charge in [-0.3, -0.25) is 14.0 Å². The summed E-state index contributed by atoms with van der Waals surface area (Å²) >= 11 is 0. The number of pyridine rings is 1. The van der Waals surface area contributed by atoms with Crippen molar-refractivity contribution in [1.82, 2.24) is 9.38 Å². The zero-order chi connectivity index (χ0) is 15.7. The van der Waals surface area contributed by atoms with Crippen LogP contribution >= 0.6 is 0 Å². The quantitative estimate of drug-likeness (QED) is 0.755. The molecule has 110 valence electrons. The molecule has 5 nitrogen and oxygen atoms in total. The number of amides is 1. The van der Waals surface area contributed by atoms with Crippen molar-refractivity contribution < 1.29 is 9.59 Å². The van der Waals surface area contributed by atoms with E-state index >= 15 is 0 Å². The van der Waals surface area contributed by atoms with Crippen molar-refractivity contribution >= 4 is 23.0 Å². The van der Waals surface area contributed by atoms with E-state index in [0.29, 0.717) is 22.6 Å². The Balaban J connectivity index is 1.95. The topological polar surface area (TPSA) is 63.5 Å². The number of carbonyl (C=O) groups is 2. The van der Waals surface area contributed by atoms with Crippen LogP contribution in [0.3, 0.4) is 0 Å². The molecule has 1 aromatic carbocycles. The molecular weight excluding hydrogens is 278 g/mol. The molecule has 0 aliphatic rings. The summed E-state index contributed by atoms with van der Waals surface area (Å²) in [5, 5.41) is 2.82. The number of imidazole rings is 1. The Hall–Kier alpha value is -2.95. The molecule has 0 unspecified atom stereocenters. The van der Waals surface area contributed by atoms with Crippen molar-refractivity contribution in [3.05, 3.63) is 65.6 Å². The van der Waals surface area contributed by atoms with Crippen LogP contribution in [0.15, 0.2) is 48.7 Å². The Morgan fingerprint density at radius 2 is 1.95 bits per heavy atom. The van der Waals surface area contributed by atoms with E-state index in [9.17, 15) is 9.59 Å². The number of Topliss-reactive ketones (excluding diaryl/α,β-unsaturated/α-hetero) is 1. The lowest BCUT2D eigenvalue weighted by Crippen LogP contribution is -2.15. The standard InChI is InChI=1S/C17H15N3O2/c1-11-16(20-9-4-3-8-15(20)18-11)17(22)19-14-7-5-6-13(10-14)12(2)21/h3-10H,1-2H3,(H,19,22). The maximum atomic E-state index is 12.5. The van der Waals surface area contributed by atoms with E-state index in [1.54, 1.807) is 41.8 Å². The second-order valence-electron chi connectivity index (χ2n) is 5.07. The van der Waals surface area contributed by atoms with Crippen LogP contribution in [-0.4, -0.2) is 21.1 Å². The summed E-state index contributed by atoms with van der Waals surface area (Å²) in [6, 6.07) is 12.5. The molecule has 0 saturated carbocycles. The number of ketones is 1. The summed E-state index contributed by atoms with van der Waals surface area (Å²) in [6.45, 7) is 3.30. The average Bonchev–Trinajstić information content (AvgIpc) is 2.83. The molecule has 3 aromatic rings. The van der Waals surface area contributed by atoms with Crippen LogP contribution in [0.4, 0.5) is 5.69 Å². The van der Waals surface area contributed by atoms with Crippen molar-refractivity contribution in [3.63, 3.8) is 0 Å². The van der Waals surface area contributed by atoms with Crippen LogP contribution in [0.1, 0.15) is 33.5 Å². The van der Waals surface area contributed by atoms with Gasteiger partial charge in [0.15, 0.2) is 5.78 Å². The van der Waals surface area contributed by atoms with E-state index in [2.05, 4.69) is 10.3 Å². The predicted molar refractivity (Wildman–Crippen MR) is 84.3 cm³/mol. The molecule has 5 heteroatoms. The number of aromatic nitrogens is 2. The number of hydrogen-bond acceptors (Lipinski definition) is 3. The fourth-order valence-corrected chi connectivity index (χ4v) is 2.39. The molecule has 0 saturated heterocycles. The zero-order valence-corrected chi connectivity index (χ0v) is 12.3. The summed E-state index contributed by atoms with van der Waals surface area (Å²) < 4.78 is 1.75. The number of nitrogens with one attached hydrogen (secondary N) is 1. The third-order valence-electron chi connectivity index (χ3n) is 3.45. The normalized spacial score (nSPS) is 10.6. The summed E-state index contributed by atoms with van der Waals surface area (Å²) in [6.07, 6.45) is 1.80. The number of carbonyl (C=O) groups excluding carboxylic acids is 2. The fourth-order valence-electron chi connectivity index (χ4n) is 2.39. The molecule has 0 spiro atoms. The summed E-state index contributed by atoms with van der Waals surface area (Å²) in [4.78, 5) is 28.3. The minimum Gasteiger partial charge on any atom is -0.321 e. The third kappa shape index (κ3) is 2.48. The Labute approximate surface area is 127 Å². The van der Waals surface area contributed by atoms with Crippen LogP contribution in [0.5, 0.6) is 0 Å². The average molecular weight is 293 g/mol. The van der Waals surface area contributed by atoms with Gasteiger partial charge in [-0.1, -0.05) is 18.2 Å². The van der Waals surface area contributed by atoms with Gasteiger partial charge in [-0.05, 0) is 38.1 Å². The molecule has 3 rings (SSSR count). The molecule has 1 N–H and O–H groups in total. The van der Waals surface area contributed by atoms with Crippen LogP contribution in [0.25, 0.3) is 5.65 Å². The van der Waals surface area contributed by atoms with E-state index in [0.717, 1.165) is 5.65 Å². The summed E-state index contributed by atoms with van der Waals surface area (Å²) in [5.41, 5.74) is 3.02. The highest BCUT2D eigenvalue weighted by Gasteiger charge is 2.16. The van der Waals surface area contributed by atoms with Crippen molar-refractivity contribution in [1.29, 1.82) is 0 Å². The minimum absolute atomic E-state index is 0.0397. The van der Waals surface area contributed by atoms with Gasteiger partial charge in [0.25, 0.3) is 5.91 Å². The van der Waals surface area contributed by atoms with Crippen molar-refractivity contribution in [3.8, 4) is 0 Å². The van der Waals surface area contributed by atoms with E-state index in [-0.39, 0.29) is 11.7 Å². The Kier molecular flexibility index (Phi) is 3.47. The second-order valence-corrected chi connectivity index (χ2v) is 5.07. The highest BCUT2D eigenvalue weighted by atomic mass is 16.2. The molecule has 0 atom stereocenters. The number of rotatable bonds is 3. The lowest BCUT2D eigenvalue weighted by Gasteiger charge is -2.07. The predicted octanol–water partition coefficient (Wildman–Crippen LogP) is 3.10. The van der Waals surface area contributed by atoms with Gasteiger partial charge in [0.2, 0.25) is 0 Å². The number of aryl methyl sites for hydroxylation is 1. The summed E-state index contributed by atoms with van der Waals surface area (Å²) in [5.74, 6) is -0.293. The van der Waals surface area contributed by atoms with E-state index in [4.69, 9.17) is 0 Å². The first-order chi connectivity index (χ1) is 10.6. The van der Waals surface area contributed by atoms with Crippen molar-refractivity contribution in [2.24, 2.45) is 0 Å². The van der Waals surface area contributed by atoms with Crippen LogP contribution in [-0.2, 0) is 0 Å². The van der Waals surface area contributed by atoms with Gasteiger partial charge in [-0.15, -0.1) is 0 Å². The molecule has 0 aliphatic carbocycles. The first-order valence-electron chi connectivity index (χ1n) is 6.92. The lowest BCUT2D eigenvalue weighted by molar-refractivity contribution is 0.100. The van der Waals surface area contributed by atoms with Gasteiger partial charge < -0.3 is 5.32 Å². The van der Waals surface area contributed by atoms with E-state index in [1.807, 2.05) is 18.2 Å². The highest BCUT2D eigenvalue weighted by Crippen LogP contribution is 2.16. The minimum atomic E-state index is -0.253. The molecule has 2 heterocycles. The number of anilines is 1. The van der Waals surface area contributed by atoms with Crippen LogP contribution in [0, 0.1) is 6.92 Å². The number of nitrogens with zero attached hydrogens (tertiary/aromatic N) is 2. The maximum absolute atomic E-state index is 12.5. The molecule has 0 fully saturated rings. The molecule has 22 heavy (non-hydrogen) atoms. The van der Waals surface area contributed by atoms with Crippen LogP contribution in [0.2, 0.25) is 0 Å². The van der Waals surface area contributed by atoms with Gasteiger partial charge in [0.1, 0.15) is 11.3 Å². The molecule has 0 bridgehead atoms. The van der Waals surface area contributed by atoms with Crippen LogP contribution < -0.4 is 5.32 Å². The number of hydrogen-bond donors (Lipinski definition) is 1. The molecule has 0 radical (unpaired) electrons. The fraction of sp³-hybridized carbons (Fsp3) is 0.118. The van der Waals surface area contributed by atoms with Gasteiger partial charge in [-0.25, -0.2) is 4.98 Å². The van der Waals surface area contributed by atoms with Crippen molar-refractivity contribution in [2.45, 2.75) is 13.8 Å². The number of fused-ring (bicyclic) bond motifs is 1.